The number of carbonyl (C=O) groups excluding carboxylic acids is 1. The van der Waals surface area contributed by atoms with Crippen molar-refractivity contribution in [3.63, 3.8) is 0 Å². The van der Waals surface area contributed by atoms with E-state index in [2.05, 4.69) is 15.2 Å². The average Bonchev–Trinajstić information content (AvgIpc) is 2.89. The van der Waals surface area contributed by atoms with E-state index in [0.717, 1.165) is 37.3 Å². The van der Waals surface area contributed by atoms with Gasteiger partial charge in [0, 0.05) is 56.5 Å². The molecule has 1 aromatic carbocycles. The number of nitro groups is 1. The third kappa shape index (κ3) is 6.84. The van der Waals surface area contributed by atoms with Crippen molar-refractivity contribution < 1.29 is 27.6 Å². The van der Waals surface area contributed by atoms with Gasteiger partial charge in [0.15, 0.2) is 0 Å². The summed E-state index contributed by atoms with van der Waals surface area (Å²) in [5, 5.41) is 14.1. The van der Waals surface area contributed by atoms with E-state index in [9.17, 15) is 28.1 Å². The smallest absolute Gasteiger partial charge is 0.423 e. The molecule has 2 fully saturated rings. The van der Waals surface area contributed by atoms with Crippen LogP contribution in [0, 0.1) is 10.1 Å². The summed E-state index contributed by atoms with van der Waals surface area (Å²) in [5.74, 6) is 0.857. The van der Waals surface area contributed by atoms with Crippen LogP contribution in [-0.2, 0) is 11.0 Å². The van der Waals surface area contributed by atoms with Crippen LogP contribution >= 0.6 is 0 Å². The van der Waals surface area contributed by atoms with Crippen LogP contribution in [-0.4, -0.2) is 59.0 Å². The Hall–Kier alpha value is -3.57. The van der Waals surface area contributed by atoms with Gasteiger partial charge in [-0.1, -0.05) is 6.92 Å². The van der Waals surface area contributed by atoms with Gasteiger partial charge in [0.05, 0.1) is 29.1 Å². The highest BCUT2D eigenvalue weighted by Crippen LogP contribution is 2.38. The molecule has 0 spiro atoms. The fourth-order valence-electron chi connectivity index (χ4n) is 5.00. The second kappa shape index (κ2) is 11.9. The van der Waals surface area contributed by atoms with E-state index in [1.165, 1.54) is 6.07 Å². The molecule has 38 heavy (non-hydrogen) atoms. The Balaban J connectivity index is 1.29. The standard InChI is InChI=1S/C26H32F3N5O4/c1-2-3-25(35)33-12-10-32(11-13-33)20-15-22(17-30-16-20)38-21-7-4-18(5-8-21)31-19-6-9-24(34(36)37)23(14-19)26(27,28)29/h6,9,14-18,21,31H,2-5,7-8,10-13H2,1H3. The monoisotopic (exact) mass is 535 g/mol. The Bertz CT molecular complexity index is 1130. The van der Waals surface area contributed by atoms with Crippen LogP contribution in [0.3, 0.4) is 0 Å². The molecule has 1 saturated carbocycles. The largest absolute Gasteiger partial charge is 0.489 e. The lowest BCUT2D eigenvalue weighted by molar-refractivity contribution is -0.388. The predicted octanol–water partition coefficient (Wildman–Crippen LogP) is 5.26. The lowest BCUT2D eigenvalue weighted by atomic mass is 9.92. The van der Waals surface area contributed by atoms with Gasteiger partial charge >= 0.3 is 6.18 Å². The number of aromatic nitrogens is 1. The Morgan fingerprint density at radius 1 is 1.13 bits per heavy atom. The predicted molar refractivity (Wildman–Crippen MR) is 136 cm³/mol. The van der Waals surface area contributed by atoms with Gasteiger partial charge in [0.2, 0.25) is 5.91 Å². The maximum absolute atomic E-state index is 13.3. The molecule has 0 atom stereocenters. The SMILES string of the molecule is CCCC(=O)N1CCN(c2cncc(OC3CCC(Nc4ccc([N+](=O)[O-])c(C(F)(F)F)c4)CC3)c2)CC1. The number of hydrogen-bond donors (Lipinski definition) is 1. The molecule has 12 heteroatoms. The first kappa shape index (κ1) is 27.5. The lowest BCUT2D eigenvalue weighted by Crippen LogP contribution is -2.48. The van der Waals surface area contributed by atoms with E-state index in [1.807, 2.05) is 17.9 Å². The van der Waals surface area contributed by atoms with Crippen molar-refractivity contribution in [2.45, 2.75) is 63.8 Å². The van der Waals surface area contributed by atoms with Crippen LogP contribution in [0.25, 0.3) is 0 Å². The lowest BCUT2D eigenvalue weighted by Gasteiger charge is -2.36. The Morgan fingerprint density at radius 2 is 1.84 bits per heavy atom. The van der Waals surface area contributed by atoms with Crippen LogP contribution in [0.1, 0.15) is 51.0 Å². The first-order valence-electron chi connectivity index (χ1n) is 12.9. The van der Waals surface area contributed by atoms with Gasteiger partial charge in [-0.15, -0.1) is 0 Å². The van der Waals surface area contributed by atoms with Gasteiger partial charge in [-0.05, 0) is 44.2 Å². The minimum Gasteiger partial charge on any atom is -0.489 e. The molecule has 1 saturated heterocycles. The van der Waals surface area contributed by atoms with Crippen LogP contribution in [0.15, 0.2) is 36.7 Å². The number of nitrogens with one attached hydrogen (secondary N) is 1. The number of nitro benzene ring substituents is 1. The highest BCUT2D eigenvalue weighted by atomic mass is 19.4. The third-order valence-corrected chi connectivity index (χ3v) is 7.01. The van der Waals surface area contributed by atoms with Crippen molar-refractivity contribution in [3.8, 4) is 5.75 Å². The Labute approximate surface area is 219 Å². The molecule has 4 rings (SSSR count). The summed E-state index contributed by atoms with van der Waals surface area (Å²) in [7, 11) is 0. The van der Waals surface area contributed by atoms with Crippen molar-refractivity contribution in [1.29, 1.82) is 0 Å². The topological polar surface area (TPSA) is 101 Å². The maximum Gasteiger partial charge on any atom is 0.423 e. The molecular weight excluding hydrogens is 503 g/mol. The van der Waals surface area contributed by atoms with E-state index in [-0.39, 0.29) is 23.7 Å². The quantitative estimate of drug-likeness (QED) is 0.364. The van der Waals surface area contributed by atoms with Crippen molar-refractivity contribution in [2.24, 2.45) is 0 Å². The molecule has 206 valence electrons. The van der Waals surface area contributed by atoms with E-state index in [1.54, 1.807) is 12.4 Å². The summed E-state index contributed by atoms with van der Waals surface area (Å²) < 4.78 is 46.0. The second-order valence-electron chi connectivity index (χ2n) is 9.72. The average molecular weight is 536 g/mol. The number of halogens is 3. The second-order valence-corrected chi connectivity index (χ2v) is 9.72. The number of anilines is 2. The fraction of sp³-hybridized carbons (Fsp3) is 0.538. The number of alkyl halides is 3. The Morgan fingerprint density at radius 3 is 2.47 bits per heavy atom. The van der Waals surface area contributed by atoms with Crippen molar-refractivity contribution >= 4 is 23.0 Å². The van der Waals surface area contributed by atoms with Crippen LogP contribution in [0.2, 0.25) is 0 Å². The molecule has 1 aliphatic heterocycles. The zero-order valence-electron chi connectivity index (χ0n) is 21.2. The highest BCUT2D eigenvalue weighted by Gasteiger charge is 2.38. The Kier molecular flexibility index (Phi) is 8.58. The summed E-state index contributed by atoms with van der Waals surface area (Å²) in [6, 6.07) is 4.90. The molecule has 0 bridgehead atoms. The molecule has 0 radical (unpaired) electrons. The number of hydrogen-bond acceptors (Lipinski definition) is 7. The molecule has 1 amide bonds. The molecule has 2 aromatic rings. The van der Waals surface area contributed by atoms with Gasteiger partial charge < -0.3 is 19.9 Å². The van der Waals surface area contributed by atoms with Crippen LogP contribution < -0.4 is 15.0 Å². The molecule has 1 aromatic heterocycles. The molecular formula is C26H32F3N5O4. The highest BCUT2D eigenvalue weighted by molar-refractivity contribution is 5.76. The van der Waals surface area contributed by atoms with E-state index < -0.39 is 22.4 Å². The third-order valence-electron chi connectivity index (χ3n) is 7.01. The molecule has 2 heterocycles. The van der Waals surface area contributed by atoms with Gasteiger partial charge in [-0.25, -0.2) is 0 Å². The van der Waals surface area contributed by atoms with E-state index in [4.69, 9.17) is 4.74 Å². The number of nitrogens with zero attached hydrogens (tertiary/aromatic N) is 4. The van der Waals surface area contributed by atoms with Gasteiger partial charge in [-0.3, -0.25) is 19.9 Å². The summed E-state index contributed by atoms with van der Waals surface area (Å²) in [6.45, 7) is 4.83. The first-order chi connectivity index (χ1) is 18.1. The summed E-state index contributed by atoms with van der Waals surface area (Å²) in [4.78, 5) is 30.5. The van der Waals surface area contributed by atoms with Gasteiger partial charge in [-0.2, -0.15) is 13.2 Å². The number of carbonyl (C=O) groups is 1. The van der Waals surface area contributed by atoms with Crippen LogP contribution in [0.5, 0.6) is 5.75 Å². The number of piperazine rings is 1. The molecule has 9 nitrogen and oxygen atoms in total. The normalized spacial score (nSPS) is 20.2. The van der Waals surface area contributed by atoms with Crippen molar-refractivity contribution in [1.82, 2.24) is 9.88 Å². The van der Waals surface area contributed by atoms with Gasteiger partial charge in [0.1, 0.15) is 11.3 Å². The number of pyridine rings is 1. The van der Waals surface area contributed by atoms with E-state index in [0.29, 0.717) is 50.9 Å². The van der Waals surface area contributed by atoms with Crippen molar-refractivity contribution in [2.75, 3.05) is 36.4 Å². The van der Waals surface area contributed by atoms with Crippen LogP contribution in [0.4, 0.5) is 30.2 Å². The number of amides is 1. The summed E-state index contributed by atoms with van der Waals surface area (Å²) in [5.41, 5.74) is -1.06. The fourth-order valence-corrected chi connectivity index (χ4v) is 5.00. The first-order valence-corrected chi connectivity index (χ1v) is 12.9. The summed E-state index contributed by atoms with van der Waals surface area (Å²) >= 11 is 0. The maximum atomic E-state index is 13.3. The minimum atomic E-state index is -4.81. The molecule has 1 N–H and O–H groups in total. The number of benzene rings is 1. The number of rotatable bonds is 8. The van der Waals surface area contributed by atoms with Gasteiger partial charge in [0.25, 0.3) is 5.69 Å². The molecule has 1 aliphatic carbocycles. The number of ether oxygens (including phenoxy) is 1. The van der Waals surface area contributed by atoms with Crippen molar-refractivity contribution in [3.05, 3.63) is 52.3 Å². The molecule has 2 aliphatic rings. The minimum absolute atomic E-state index is 0.0452. The zero-order valence-corrected chi connectivity index (χ0v) is 21.2. The summed E-state index contributed by atoms with van der Waals surface area (Å²) in [6.07, 6.45) is 2.80. The molecule has 0 unspecified atom stereocenters. The zero-order chi connectivity index (χ0) is 27.3. The van der Waals surface area contributed by atoms with E-state index >= 15 is 0 Å².